The minimum atomic E-state index is -3.76. The molecule has 2 aromatic rings. The van der Waals surface area contributed by atoms with Crippen molar-refractivity contribution in [3.8, 4) is 0 Å². The summed E-state index contributed by atoms with van der Waals surface area (Å²) >= 11 is 6.10. The Labute approximate surface area is 201 Å². The Hall–Kier alpha value is -2.58. The quantitative estimate of drug-likeness (QED) is 0.577. The summed E-state index contributed by atoms with van der Waals surface area (Å²) < 4.78 is 26.3. The number of nitrogens with one attached hydrogen (secondary N) is 1. The number of rotatable bonds is 9. The maximum Gasteiger partial charge on any atom is 0.244 e. The second-order valence-corrected chi connectivity index (χ2v) is 10.9. The third kappa shape index (κ3) is 7.47. The fourth-order valence-corrected chi connectivity index (χ4v) is 4.37. The van der Waals surface area contributed by atoms with Crippen LogP contribution in [0.3, 0.4) is 0 Å². The van der Waals surface area contributed by atoms with Gasteiger partial charge in [0.05, 0.1) is 11.9 Å². The fraction of sp³-hybridized carbons (Fsp3) is 0.417. The van der Waals surface area contributed by atoms with Crippen LogP contribution in [0.2, 0.25) is 5.02 Å². The predicted octanol–water partition coefficient (Wildman–Crippen LogP) is 3.66. The van der Waals surface area contributed by atoms with E-state index >= 15 is 0 Å². The zero-order chi connectivity index (χ0) is 24.9. The van der Waals surface area contributed by atoms with Crippen LogP contribution in [-0.4, -0.2) is 50.0 Å². The lowest BCUT2D eigenvalue weighted by molar-refractivity contribution is -0.139. The second kappa shape index (κ2) is 11.0. The van der Waals surface area contributed by atoms with Crippen molar-refractivity contribution < 1.29 is 18.0 Å². The number of hydrogen-bond donors (Lipinski definition) is 1. The van der Waals surface area contributed by atoms with Crippen molar-refractivity contribution in [1.29, 1.82) is 0 Å². The largest absolute Gasteiger partial charge is 0.352 e. The van der Waals surface area contributed by atoms with Crippen molar-refractivity contribution in [3.05, 3.63) is 64.2 Å². The number of carbonyl (C=O) groups excluding carboxylic acids is 2. The average Bonchev–Trinajstić information content (AvgIpc) is 2.70. The monoisotopic (exact) mass is 493 g/mol. The van der Waals surface area contributed by atoms with Gasteiger partial charge in [-0.15, -0.1) is 0 Å². The summed E-state index contributed by atoms with van der Waals surface area (Å²) in [6.45, 7) is 8.78. The fourth-order valence-electron chi connectivity index (χ4n) is 3.31. The molecular weight excluding hydrogens is 462 g/mol. The number of hydrogen-bond acceptors (Lipinski definition) is 4. The summed E-state index contributed by atoms with van der Waals surface area (Å²) in [4.78, 5) is 27.6. The standard InChI is InChI=1S/C24H32ClN3O4S/c1-16(2)26-24(30)19(5)27(14-20-8-7-9-21(25)13-20)23(29)15-28(33(6,31)32)22-11-10-17(3)18(4)12-22/h7-13,16,19H,14-15H2,1-6H3,(H,26,30)/t19-/m1/s1. The van der Waals surface area contributed by atoms with E-state index in [0.717, 1.165) is 27.3 Å². The number of nitrogens with zero attached hydrogens (tertiary/aromatic N) is 2. The molecule has 1 atom stereocenters. The Morgan fingerprint density at radius 2 is 1.70 bits per heavy atom. The first-order chi connectivity index (χ1) is 15.3. The van der Waals surface area contributed by atoms with Crippen LogP contribution in [0.1, 0.15) is 37.5 Å². The van der Waals surface area contributed by atoms with Crippen LogP contribution in [0, 0.1) is 13.8 Å². The van der Waals surface area contributed by atoms with E-state index in [1.165, 1.54) is 4.90 Å². The summed E-state index contributed by atoms with van der Waals surface area (Å²) in [6.07, 6.45) is 1.06. The average molecular weight is 494 g/mol. The van der Waals surface area contributed by atoms with Crippen molar-refractivity contribution in [2.75, 3.05) is 17.1 Å². The molecule has 0 spiro atoms. The first-order valence-electron chi connectivity index (χ1n) is 10.7. The Kier molecular flexibility index (Phi) is 8.91. The highest BCUT2D eigenvalue weighted by Gasteiger charge is 2.30. The third-order valence-electron chi connectivity index (χ3n) is 5.30. The van der Waals surface area contributed by atoms with Gasteiger partial charge in [0.2, 0.25) is 21.8 Å². The summed E-state index contributed by atoms with van der Waals surface area (Å²) in [5.74, 6) is -0.817. The highest BCUT2D eigenvalue weighted by molar-refractivity contribution is 7.92. The van der Waals surface area contributed by atoms with Crippen molar-refractivity contribution in [2.24, 2.45) is 0 Å². The van der Waals surface area contributed by atoms with Crippen molar-refractivity contribution in [2.45, 2.75) is 53.2 Å². The lowest BCUT2D eigenvalue weighted by Gasteiger charge is -2.32. The molecule has 2 rings (SSSR count). The zero-order valence-electron chi connectivity index (χ0n) is 19.9. The first kappa shape index (κ1) is 26.7. The Morgan fingerprint density at radius 1 is 1.03 bits per heavy atom. The molecule has 0 unspecified atom stereocenters. The maximum atomic E-state index is 13.5. The molecule has 180 valence electrons. The SMILES string of the molecule is Cc1ccc(N(CC(=O)N(Cc2cccc(Cl)c2)[C@H](C)C(=O)NC(C)C)S(C)(=O)=O)cc1C. The molecule has 2 amide bonds. The van der Waals surface area contributed by atoms with Gasteiger partial charge in [-0.2, -0.15) is 0 Å². The maximum absolute atomic E-state index is 13.5. The van der Waals surface area contributed by atoms with Crippen LogP contribution in [0.25, 0.3) is 0 Å². The van der Waals surface area contributed by atoms with Gasteiger partial charge in [0.15, 0.2) is 0 Å². The summed E-state index contributed by atoms with van der Waals surface area (Å²) in [5, 5.41) is 3.32. The number of amides is 2. The highest BCUT2D eigenvalue weighted by Crippen LogP contribution is 2.22. The molecule has 0 radical (unpaired) electrons. The minimum Gasteiger partial charge on any atom is -0.352 e. The van der Waals surface area contributed by atoms with Crippen LogP contribution in [0.4, 0.5) is 5.69 Å². The molecule has 2 aromatic carbocycles. The van der Waals surface area contributed by atoms with E-state index in [0.29, 0.717) is 10.7 Å². The smallest absolute Gasteiger partial charge is 0.244 e. The van der Waals surface area contributed by atoms with Gasteiger partial charge in [-0.3, -0.25) is 13.9 Å². The molecule has 1 N–H and O–H groups in total. The summed E-state index contributed by atoms with van der Waals surface area (Å²) in [5.41, 5.74) is 3.06. The summed E-state index contributed by atoms with van der Waals surface area (Å²) in [7, 11) is -3.76. The van der Waals surface area contributed by atoms with Gasteiger partial charge in [-0.05, 0) is 75.6 Å². The van der Waals surface area contributed by atoms with Crippen molar-refractivity contribution in [3.63, 3.8) is 0 Å². The lowest BCUT2D eigenvalue weighted by Crippen LogP contribution is -2.52. The van der Waals surface area contributed by atoms with E-state index in [-0.39, 0.29) is 18.5 Å². The predicted molar refractivity (Wildman–Crippen MR) is 133 cm³/mol. The molecule has 7 nitrogen and oxygen atoms in total. The van der Waals surface area contributed by atoms with E-state index in [9.17, 15) is 18.0 Å². The van der Waals surface area contributed by atoms with Gasteiger partial charge < -0.3 is 10.2 Å². The molecule has 0 bridgehead atoms. The van der Waals surface area contributed by atoms with E-state index < -0.39 is 28.5 Å². The molecular formula is C24H32ClN3O4S. The summed E-state index contributed by atoms with van der Waals surface area (Å²) in [6, 6.07) is 11.3. The Balaban J connectivity index is 2.41. The van der Waals surface area contributed by atoms with Gasteiger partial charge in [-0.1, -0.05) is 29.8 Å². The Bertz CT molecular complexity index is 1120. The van der Waals surface area contributed by atoms with Gasteiger partial charge in [0.25, 0.3) is 0 Å². The molecule has 0 aliphatic heterocycles. The number of halogens is 1. The number of aryl methyl sites for hydroxylation is 2. The number of carbonyl (C=O) groups is 2. The van der Waals surface area contributed by atoms with Crippen LogP contribution >= 0.6 is 11.6 Å². The number of benzene rings is 2. The van der Waals surface area contributed by atoms with Gasteiger partial charge in [-0.25, -0.2) is 8.42 Å². The van der Waals surface area contributed by atoms with Crippen molar-refractivity contribution >= 4 is 39.1 Å². The third-order valence-corrected chi connectivity index (χ3v) is 6.67. The van der Waals surface area contributed by atoms with Crippen LogP contribution in [0.15, 0.2) is 42.5 Å². The van der Waals surface area contributed by atoms with Crippen LogP contribution < -0.4 is 9.62 Å². The minimum absolute atomic E-state index is 0.105. The lowest BCUT2D eigenvalue weighted by atomic mass is 10.1. The molecule has 0 aromatic heterocycles. The van der Waals surface area contributed by atoms with E-state index in [1.54, 1.807) is 43.3 Å². The van der Waals surface area contributed by atoms with Crippen LogP contribution in [-0.2, 0) is 26.2 Å². The molecule has 0 heterocycles. The molecule has 33 heavy (non-hydrogen) atoms. The second-order valence-electron chi connectivity index (χ2n) is 8.53. The molecule has 9 heteroatoms. The zero-order valence-corrected chi connectivity index (χ0v) is 21.5. The first-order valence-corrected chi connectivity index (χ1v) is 12.9. The highest BCUT2D eigenvalue weighted by atomic mass is 35.5. The van der Waals surface area contributed by atoms with Gasteiger partial charge >= 0.3 is 0 Å². The van der Waals surface area contributed by atoms with Gasteiger partial charge in [0, 0.05) is 17.6 Å². The molecule has 0 aliphatic carbocycles. The molecule has 0 saturated heterocycles. The van der Waals surface area contributed by atoms with Crippen molar-refractivity contribution in [1.82, 2.24) is 10.2 Å². The Morgan fingerprint density at radius 3 is 2.24 bits per heavy atom. The molecule has 0 aliphatic rings. The molecule has 0 saturated carbocycles. The normalized spacial score (nSPS) is 12.4. The van der Waals surface area contributed by atoms with E-state index in [1.807, 2.05) is 33.8 Å². The van der Waals surface area contributed by atoms with Crippen LogP contribution in [0.5, 0.6) is 0 Å². The van der Waals surface area contributed by atoms with Gasteiger partial charge in [0.1, 0.15) is 12.6 Å². The molecule has 0 fully saturated rings. The van der Waals surface area contributed by atoms with E-state index in [4.69, 9.17) is 11.6 Å². The number of sulfonamides is 1. The topological polar surface area (TPSA) is 86.8 Å². The number of anilines is 1. The van der Waals surface area contributed by atoms with E-state index in [2.05, 4.69) is 5.32 Å².